The Kier molecular flexibility index (Phi) is 2.23. The van der Waals surface area contributed by atoms with Gasteiger partial charge in [-0.25, -0.2) is 4.79 Å². The molecule has 0 aromatic rings. The molecule has 0 saturated carbocycles. The maximum absolute atomic E-state index is 10.6. The summed E-state index contributed by atoms with van der Waals surface area (Å²) in [5.74, 6) is -2.63. The van der Waals surface area contributed by atoms with Crippen molar-refractivity contribution in [2.75, 3.05) is 6.61 Å². The molecule has 5 heteroatoms. The van der Waals surface area contributed by atoms with Crippen LogP contribution in [0.1, 0.15) is 6.92 Å². The Bertz CT molecular complexity index is 232. The smallest absolute Gasteiger partial charge is 0.377 e. The molecule has 0 saturated heterocycles. The van der Waals surface area contributed by atoms with E-state index in [2.05, 4.69) is 4.74 Å². The number of cyclic esters (lactones) is 1. The number of ether oxygens (including phenoxy) is 1. The van der Waals surface area contributed by atoms with Gasteiger partial charge in [0.05, 0.1) is 0 Å². The predicted octanol–water partition coefficient (Wildman–Crippen LogP) is -0.132. The summed E-state index contributed by atoms with van der Waals surface area (Å²) in [5, 5.41) is 26.6. The Morgan fingerprint density at radius 3 is 2.50 bits per heavy atom. The van der Waals surface area contributed by atoms with Gasteiger partial charge >= 0.3 is 5.97 Å². The van der Waals surface area contributed by atoms with Crippen molar-refractivity contribution in [1.29, 1.82) is 0 Å². The quantitative estimate of drug-likeness (QED) is 0.507. The van der Waals surface area contributed by atoms with Crippen LogP contribution in [0.2, 0.25) is 0 Å². The highest BCUT2D eigenvalue weighted by Crippen LogP contribution is 2.24. The summed E-state index contributed by atoms with van der Waals surface area (Å²) in [5.41, 5.74) is 0. The Balaban J connectivity index is 2.80. The van der Waals surface area contributed by atoms with Crippen LogP contribution in [0.5, 0.6) is 0 Å². The third kappa shape index (κ3) is 1.23. The lowest BCUT2D eigenvalue weighted by Crippen LogP contribution is -2.23. The fourth-order valence-electron chi connectivity index (χ4n) is 0.948. The lowest BCUT2D eigenvalue weighted by molar-refractivity contribution is -0.144. The van der Waals surface area contributed by atoms with E-state index in [4.69, 9.17) is 15.3 Å². The second kappa shape index (κ2) is 3.02. The van der Waals surface area contributed by atoms with Crippen molar-refractivity contribution < 1.29 is 24.9 Å². The first kappa shape index (κ1) is 8.86. The van der Waals surface area contributed by atoms with E-state index in [0.717, 1.165) is 0 Å². The molecule has 0 spiro atoms. The van der Waals surface area contributed by atoms with Crippen LogP contribution in [0.25, 0.3) is 0 Å². The molecule has 0 aromatic carbocycles. The summed E-state index contributed by atoms with van der Waals surface area (Å²) in [6.07, 6.45) is -0.914. The van der Waals surface area contributed by atoms with Crippen molar-refractivity contribution in [3.8, 4) is 0 Å². The molecular formula is C7H10O5. The number of carbonyl (C=O) groups is 1. The van der Waals surface area contributed by atoms with Crippen molar-refractivity contribution in [2.24, 2.45) is 5.92 Å². The van der Waals surface area contributed by atoms with Crippen molar-refractivity contribution in [3.05, 3.63) is 11.5 Å². The summed E-state index contributed by atoms with van der Waals surface area (Å²) in [6, 6.07) is 0. The monoisotopic (exact) mass is 174 g/mol. The topological polar surface area (TPSA) is 87.0 Å². The Morgan fingerprint density at radius 2 is 2.17 bits per heavy atom. The molecule has 68 valence electrons. The SMILES string of the molecule is CC(CO)C1OC(=O)C(O)=C1O. The minimum absolute atomic E-state index is 0.227. The minimum atomic E-state index is -0.946. The standard InChI is InChI=1S/C7H10O5/c1-3(2-8)6-4(9)5(10)7(11)12-6/h3,6,8-10H,2H2,1H3. The zero-order valence-electron chi connectivity index (χ0n) is 6.52. The van der Waals surface area contributed by atoms with Crippen LogP contribution >= 0.6 is 0 Å². The molecule has 12 heavy (non-hydrogen) atoms. The zero-order valence-corrected chi connectivity index (χ0v) is 6.52. The van der Waals surface area contributed by atoms with E-state index in [-0.39, 0.29) is 6.61 Å². The normalized spacial score (nSPS) is 25.8. The molecule has 0 amide bonds. The largest absolute Gasteiger partial charge is 0.505 e. The summed E-state index contributed by atoms with van der Waals surface area (Å²) >= 11 is 0. The molecule has 1 aliphatic heterocycles. The Hall–Kier alpha value is -1.23. The fourth-order valence-corrected chi connectivity index (χ4v) is 0.948. The van der Waals surface area contributed by atoms with E-state index in [0.29, 0.717) is 0 Å². The molecule has 0 aliphatic carbocycles. The van der Waals surface area contributed by atoms with E-state index < -0.39 is 29.5 Å². The molecule has 3 N–H and O–H groups in total. The Morgan fingerprint density at radius 1 is 1.58 bits per heavy atom. The third-order valence-electron chi connectivity index (χ3n) is 1.74. The van der Waals surface area contributed by atoms with E-state index in [1.165, 1.54) is 0 Å². The molecule has 0 aromatic heterocycles. The number of esters is 1. The molecule has 5 nitrogen and oxygen atoms in total. The predicted molar refractivity (Wildman–Crippen MR) is 38.4 cm³/mol. The van der Waals surface area contributed by atoms with Gasteiger partial charge in [-0.05, 0) is 0 Å². The first-order valence-corrected chi connectivity index (χ1v) is 3.51. The first-order valence-electron chi connectivity index (χ1n) is 3.51. The van der Waals surface area contributed by atoms with Gasteiger partial charge in [-0.3, -0.25) is 0 Å². The van der Waals surface area contributed by atoms with Gasteiger partial charge in [0.15, 0.2) is 11.9 Å². The summed E-state index contributed by atoms with van der Waals surface area (Å²) in [7, 11) is 0. The zero-order chi connectivity index (χ0) is 9.30. The number of hydrogen-bond donors (Lipinski definition) is 3. The highest BCUT2D eigenvalue weighted by atomic mass is 16.6. The molecule has 1 rings (SSSR count). The average molecular weight is 174 g/mol. The highest BCUT2D eigenvalue weighted by Gasteiger charge is 2.37. The lowest BCUT2D eigenvalue weighted by atomic mass is 10.1. The molecule has 0 radical (unpaired) electrons. The Labute approximate surface area is 68.9 Å². The van der Waals surface area contributed by atoms with Crippen LogP contribution in [0.4, 0.5) is 0 Å². The van der Waals surface area contributed by atoms with Gasteiger partial charge in [0, 0.05) is 12.5 Å². The van der Waals surface area contributed by atoms with Gasteiger partial charge in [0.2, 0.25) is 5.76 Å². The van der Waals surface area contributed by atoms with Crippen molar-refractivity contribution in [2.45, 2.75) is 13.0 Å². The number of aliphatic hydroxyl groups is 3. The summed E-state index contributed by atoms with van der Waals surface area (Å²) < 4.78 is 4.57. The summed E-state index contributed by atoms with van der Waals surface area (Å²) in [6.45, 7) is 1.36. The van der Waals surface area contributed by atoms with Gasteiger partial charge < -0.3 is 20.1 Å². The van der Waals surface area contributed by atoms with Crippen LogP contribution in [-0.4, -0.2) is 34.0 Å². The number of rotatable bonds is 2. The van der Waals surface area contributed by atoms with E-state index in [1.54, 1.807) is 6.92 Å². The van der Waals surface area contributed by atoms with Crippen LogP contribution in [-0.2, 0) is 9.53 Å². The van der Waals surface area contributed by atoms with E-state index in [1.807, 2.05) is 0 Å². The van der Waals surface area contributed by atoms with Crippen molar-refractivity contribution >= 4 is 5.97 Å². The van der Waals surface area contributed by atoms with Crippen molar-refractivity contribution in [3.63, 3.8) is 0 Å². The average Bonchev–Trinajstić information content (AvgIpc) is 2.32. The van der Waals surface area contributed by atoms with Gasteiger partial charge in [0.1, 0.15) is 0 Å². The first-order chi connectivity index (χ1) is 5.57. The molecule has 0 bridgehead atoms. The molecular weight excluding hydrogens is 164 g/mol. The third-order valence-corrected chi connectivity index (χ3v) is 1.74. The number of hydrogen-bond acceptors (Lipinski definition) is 5. The molecule has 0 fully saturated rings. The maximum atomic E-state index is 10.6. The van der Waals surface area contributed by atoms with E-state index >= 15 is 0 Å². The van der Waals surface area contributed by atoms with Gasteiger partial charge in [-0.1, -0.05) is 6.92 Å². The summed E-state index contributed by atoms with van der Waals surface area (Å²) in [4.78, 5) is 10.6. The van der Waals surface area contributed by atoms with E-state index in [9.17, 15) is 4.79 Å². The molecule has 1 aliphatic rings. The minimum Gasteiger partial charge on any atom is -0.505 e. The molecule has 1 heterocycles. The van der Waals surface area contributed by atoms with Crippen LogP contribution < -0.4 is 0 Å². The molecule has 2 atom stereocenters. The second-order valence-corrected chi connectivity index (χ2v) is 2.72. The second-order valence-electron chi connectivity index (χ2n) is 2.72. The molecule has 2 unspecified atom stereocenters. The number of carbonyl (C=O) groups excluding carboxylic acids is 1. The van der Waals surface area contributed by atoms with Crippen molar-refractivity contribution in [1.82, 2.24) is 0 Å². The van der Waals surface area contributed by atoms with Gasteiger partial charge in [0.25, 0.3) is 0 Å². The van der Waals surface area contributed by atoms with Gasteiger partial charge in [-0.2, -0.15) is 0 Å². The van der Waals surface area contributed by atoms with Gasteiger partial charge in [-0.15, -0.1) is 0 Å². The lowest BCUT2D eigenvalue weighted by Gasteiger charge is -2.14. The van der Waals surface area contributed by atoms with Crippen LogP contribution in [0.3, 0.4) is 0 Å². The maximum Gasteiger partial charge on any atom is 0.377 e. The fraction of sp³-hybridized carbons (Fsp3) is 0.571. The highest BCUT2D eigenvalue weighted by molar-refractivity contribution is 5.89. The van der Waals surface area contributed by atoms with Crippen LogP contribution in [0, 0.1) is 5.92 Å². The van der Waals surface area contributed by atoms with Crippen LogP contribution in [0.15, 0.2) is 11.5 Å². The number of aliphatic hydroxyl groups excluding tert-OH is 3.